The topological polar surface area (TPSA) is 12.0 Å². The maximum absolute atomic E-state index is 3.62. The molecule has 0 amide bonds. The van der Waals surface area contributed by atoms with Gasteiger partial charge < -0.3 is 5.32 Å². The number of rotatable bonds is 4. The lowest BCUT2D eigenvalue weighted by atomic mass is 9.94. The van der Waals surface area contributed by atoms with Crippen LogP contribution in [0.1, 0.15) is 29.5 Å². The van der Waals surface area contributed by atoms with Gasteiger partial charge in [0, 0.05) is 12.6 Å². The van der Waals surface area contributed by atoms with Gasteiger partial charge in [0.2, 0.25) is 0 Å². The van der Waals surface area contributed by atoms with E-state index < -0.39 is 0 Å². The Morgan fingerprint density at radius 3 is 2.58 bits per heavy atom. The fourth-order valence-corrected chi connectivity index (χ4v) is 2.50. The van der Waals surface area contributed by atoms with E-state index in [1.807, 2.05) is 0 Å². The first-order chi connectivity index (χ1) is 9.24. The van der Waals surface area contributed by atoms with Crippen LogP contribution in [0.15, 0.2) is 42.5 Å². The van der Waals surface area contributed by atoms with Crippen LogP contribution in [0, 0.1) is 13.8 Å². The van der Waals surface area contributed by atoms with E-state index in [1.54, 1.807) is 0 Å². The van der Waals surface area contributed by atoms with E-state index in [-0.39, 0.29) is 0 Å². The molecule has 19 heavy (non-hydrogen) atoms. The minimum Gasteiger partial charge on any atom is -0.310 e. The van der Waals surface area contributed by atoms with Gasteiger partial charge in [-0.05, 0) is 48.9 Å². The van der Waals surface area contributed by atoms with Gasteiger partial charge in [0.25, 0.3) is 0 Å². The maximum atomic E-state index is 3.62. The Hall–Kier alpha value is -1.60. The second kappa shape index (κ2) is 5.18. The Morgan fingerprint density at radius 1 is 1.00 bits per heavy atom. The number of benzene rings is 2. The van der Waals surface area contributed by atoms with Crippen molar-refractivity contribution in [3.8, 4) is 11.1 Å². The van der Waals surface area contributed by atoms with E-state index in [1.165, 1.54) is 40.7 Å². The van der Waals surface area contributed by atoms with Gasteiger partial charge in [0.1, 0.15) is 0 Å². The van der Waals surface area contributed by atoms with Crippen molar-refractivity contribution in [2.75, 3.05) is 0 Å². The molecule has 0 aromatic heterocycles. The van der Waals surface area contributed by atoms with Crippen LogP contribution in [0.4, 0.5) is 0 Å². The summed E-state index contributed by atoms with van der Waals surface area (Å²) in [5.74, 6) is 0. The molecule has 98 valence electrons. The van der Waals surface area contributed by atoms with Crippen molar-refractivity contribution >= 4 is 0 Å². The minimum atomic E-state index is 0.756. The third kappa shape index (κ3) is 2.87. The molecule has 0 spiro atoms. The van der Waals surface area contributed by atoms with Crippen molar-refractivity contribution < 1.29 is 0 Å². The van der Waals surface area contributed by atoms with E-state index in [9.17, 15) is 0 Å². The molecule has 0 aliphatic heterocycles. The highest BCUT2D eigenvalue weighted by atomic mass is 14.9. The van der Waals surface area contributed by atoms with Gasteiger partial charge in [-0.1, -0.05) is 48.0 Å². The van der Waals surface area contributed by atoms with Crippen LogP contribution in [-0.4, -0.2) is 6.04 Å². The second-order valence-corrected chi connectivity index (χ2v) is 5.63. The summed E-state index contributed by atoms with van der Waals surface area (Å²) in [6, 6.07) is 16.2. The molecular weight excluding hydrogens is 230 g/mol. The first-order valence-corrected chi connectivity index (χ1v) is 7.13. The Bertz CT molecular complexity index is 582. The zero-order valence-corrected chi connectivity index (χ0v) is 11.7. The summed E-state index contributed by atoms with van der Waals surface area (Å²) >= 11 is 0. The molecular formula is C18H21N. The van der Waals surface area contributed by atoms with Crippen LogP contribution in [0.25, 0.3) is 11.1 Å². The summed E-state index contributed by atoms with van der Waals surface area (Å²) in [6.45, 7) is 5.34. The summed E-state index contributed by atoms with van der Waals surface area (Å²) in [4.78, 5) is 0. The average molecular weight is 251 g/mol. The fraction of sp³-hybridized carbons (Fsp3) is 0.333. The molecule has 2 aromatic carbocycles. The van der Waals surface area contributed by atoms with Gasteiger partial charge in [-0.3, -0.25) is 0 Å². The number of aryl methyl sites for hydroxylation is 2. The zero-order chi connectivity index (χ0) is 13.2. The lowest BCUT2D eigenvalue weighted by Crippen LogP contribution is -2.15. The zero-order valence-electron chi connectivity index (χ0n) is 11.7. The molecule has 1 aliphatic rings. The lowest BCUT2D eigenvalue weighted by molar-refractivity contribution is 0.689. The molecule has 1 fully saturated rings. The first kappa shape index (κ1) is 12.4. The third-order valence-corrected chi connectivity index (χ3v) is 3.86. The van der Waals surface area contributed by atoms with Crippen LogP contribution >= 0.6 is 0 Å². The molecule has 0 heterocycles. The number of nitrogens with one attached hydrogen (secondary N) is 1. The second-order valence-electron chi connectivity index (χ2n) is 5.63. The number of hydrogen-bond acceptors (Lipinski definition) is 1. The molecule has 0 saturated heterocycles. The van der Waals surface area contributed by atoms with Gasteiger partial charge in [0.15, 0.2) is 0 Å². The standard InChI is InChI=1S/C18H21N/c1-13-7-8-14(2)18(11-13)17-6-4-3-5-15(17)12-19-16-9-10-16/h3-8,11,16,19H,9-10,12H2,1-2H3. The van der Waals surface area contributed by atoms with Gasteiger partial charge >= 0.3 is 0 Å². The first-order valence-electron chi connectivity index (χ1n) is 7.13. The minimum absolute atomic E-state index is 0.756. The molecule has 1 aliphatic carbocycles. The largest absolute Gasteiger partial charge is 0.310 e. The third-order valence-electron chi connectivity index (χ3n) is 3.86. The smallest absolute Gasteiger partial charge is 0.0214 e. The van der Waals surface area contributed by atoms with Crippen LogP contribution in [-0.2, 0) is 6.54 Å². The number of hydrogen-bond donors (Lipinski definition) is 1. The monoisotopic (exact) mass is 251 g/mol. The fourth-order valence-electron chi connectivity index (χ4n) is 2.50. The van der Waals surface area contributed by atoms with E-state index >= 15 is 0 Å². The highest BCUT2D eigenvalue weighted by Crippen LogP contribution is 2.28. The molecule has 2 aromatic rings. The quantitative estimate of drug-likeness (QED) is 0.857. The van der Waals surface area contributed by atoms with Crippen molar-refractivity contribution in [3.05, 3.63) is 59.2 Å². The summed E-state index contributed by atoms with van der Waals surface area (Å²) < 4.78 is 0. The molecule has 1 N–H and O–H groups in total. The Balaban J connectivity index is 1.95. The summed E-state index contributed by atoms with van der Waals surface area (Å²) in [5, 5.41) is 3.62. The maximum Gasteiger partial charge on any atom is 0.0214 e. The van der Waals surface area contributed by atoms with Crippen LogP contribution in [0.2, 0.25) is 0 Å². The van der Waals surface area contributed by atoms with Gasteiger partial charge in [0.05, 0.1) is 0 Å². The highest BCUT2D eigenvalue weighted by molar-refractivity contribution is 5.71. The Morgan fingerprint density at radius 2 is 1.79 bits per heavy atom. The molecule has 1 nitrogen and oxygen atoms in total. The molecule has 0 atom stereocenters. The predicted octanol–water partition coefficient (Wildman–Crippen LogP) is 4.22. The van der Waals surface area contributed by atoms with Crippen molar-refractivity contribution in [1.29, 1.82) is 0 Å². The molecule has 1 heteroatoms. The van der Waals surface area contributed by atoms with Gasteiger partial charge in [-0.15, -0.1) is 0 Å². The molecule has 1 saturated carbocycles. The van der Waals surface area contributed by atoms with E-state index in [0.717, 1.165) is 12.6 Å². The summed E-state index contributed by atoms with van der Waals surface area (Å²) in [7, 11) is 0. The van der Waals surface area contributed by atoms with Crippen LogP contribution in [0.3, 0.4) is 0 Å². The lowest BCUT2D eigenvalue weighted by Gasteiger charge is -2.13. The summed E-state index contributed by atoms with van der Waals surface area (Å²) in [5.41, 5.74) is 6.82. The SMILES string of the molecule is Cc1ccc(C)c(-c2ccccc2CNC2CC2)c1. The Kier molecular flexibility index (Phi) is 3.39. The summed E-state index contributed by atoms with van der Waals surface area (Å²) in [6.07, 6.45) is 2.68. The van der Waals surface area contributed by atoms with Gasteiger partial charge in [-0.2, -0.15) is 0 Å². The van der Waals surface area contributed by atoms with Crippen LogP contribution in [0.5, 0.6) is 0 Å². The molecule has 0 unspecified atom stereocenters. The molecule has 0 bridgehead atoms. The van der Waals surface area contributed by atoms with Crippen molar-refractivity contribution in [3.63, 3.8) is 0 Å². The molecule has 0 radical (unpaired) electrons. The van der Waals surface area contributed by atoms with E-state index in [2.05, 4.69) is 61.6 Å². The normalized spacial score (nSPS) is 14.6. The Labute approximate surface area is 115 Å². The van der Waals surface area contributed by atoms with Crippen molar-refractivity contribution in [2.45, 2.75) is 39.3 Å². The van der Waals surface area contributed by atoms with Crippen molar-refractivity contribution in [2.24, 2.45) is 0 Å². The van der Waals surface area contributed by atoms with Crippen molar-refractivity contribution in [1.82, 2.24) is 5.32 Å². The average Bonchev–Trinajstić information content (AvgIpc) is 3.24. The van der Waals surface area contributed by atoms with E-state index in [0.29, 0.717) is 0 Å². The van der Waals surface area contributed by atoms with E-state index in [4.69, 9.17) is 0 Å². The predicted molar refractivity (Wildman–Crippen MR) is 81.2 cm³/mol. The highest BCUT2D eigenvalue weighted by Gasteiger charge is 2.20. The van der Waals surface area contributed by atoms with Gasteiger partial charge in [-0.25, -0.2) is 0 Å². The van der Waals surface area contributed by atoms with Crippen LogP contribution < -0.4 is 5.32 Å². The molecule has 3 rings (SSSR count).